The summed E-state index contributed by atoms with van der Waals surface area (Å²) in [5.41, 5.74) is -0.399. The minimum atomic E-state index is -1.06. The summed E-state index contributed by atoms with van der Waals surface area (Å²) in [4.78, 5) is 11.6. The van der Waals surface area contributed by atoms with Gasteiger partial charge in [-0.15, -0.1) is 5.10 Å². The summed E-state index contributed by atoms with van der Waals surface area (Å²) in [5, 5.41) is 9.36. The molecule has 1 amide bonds. The van der Waals surface area contributed by atoms with Gasteiger partial charge in [-0.3, -0.25) is 9.48 Å². The van der Waals surface area contributed by atoms with Crippen LogP contribution in [0.5, 0.6) is 0 Å². The lowest BCUT2D eigenvalue weighted by molar-refractivity contribution is 0.0945. The van der Waals surface area contributed by atoms with Crippen LogP contribution in [0.25, 0.3) is 0 Å². The molecule has 19 heavy (non-hydrogen) atoms. The van der Waals surface area contributed by atoms with Crippen LogP contribution in [0.4, 0.5) is 13.2 Å². The molecular formula is C11H9F3N4O. The fourth-order valence-corrected chi connectivity index (χ4v) is 1.45. The molecule has 1 aromatic carbocycles. The summed E-state index contributed by atoms with van der Waals surface area (Å²) < 4.78 is 40.6. The van der Waals surface area contributed by atoms with Crippen molar-refractivity contribution in [3.8, 4) is 0 Å². The lowest BCUT2D eigenvalue weighted by Crippen LogP contribution is -2.24. The molecule has 1 aromatic heterocycles. The number of benzene rings is 1. The first-order valence-corrected chi connectivity index (χ1v) is 5.25. The smallest absolute Gasteiger partial charge is 0.273 e. The summed E-state index contributed by atoms with van der Waals surface area (Å²) in [6.45, 7) is -0.409. The van der Waals surface area contributed by atoms with Crippen molar-refractivity contribution < 1.29 is 18.0 Å². The second-order valence-electron chi connectivity index (χ2n) is 3.81. The number of carbonyl (C=O) groups excluding carboxylic acids is 1. The van der Waals surface area contributed by atoms with Crippen molar-refractivity contribution in [1.82, 2.24) is 20.3 Å². The van der Waals surface area contributed by atoms with Gasteiger partial charge in [0.25, 0.3) is 5.91 Å². The van der Waals surface area contributed by atoms with Crippen LogP contribution in [0.1, 0.15) is 16.1 Å². The number of halogens is 3. The number of nitrogens with zero attached hydrogens (tertiary/aromatic N) is 3. The Morgan fingerprint density at radius 1 is 1.32 bits per heavy atom. The fourth-order valence-electron chi connectivity index (χ4n) is 1.45. The number of hydrogen-bond donors (Lipinski definition) is 1. The molecule has 5 nitrogen and oxygen atoms in total. The molecule has 0 bridgehead atoms. The van der Waals surface area contributed by atoms with Crippen LogP contribution in [-0.4, -0.2) is 20.9 Å². The summed E-state index contributed by atoms with van der Waals surface area (Å²) >= 11 is 0. The van der Waals surface area contributed by atoms with Gasteiger partial charge in [0.15, 0.2) is 5.69 Å². The van der Waals surface area contributed by atoms with Gasteiger partial charge in [0.2, 0.25) is 0 Å². The van der Waals surface area contributed by atoms with Crippen molar-refractivity contribution in [2.75, 3.05) is 0 Å². The van der Waals surface area contributed by atoms with Crippen LogP contribution in [-0.2, 0) is 13.6 Å². The Balaban J connectivity index is 2.09. The van der Waals surface area contributed by atoms with Gasteiger partial charge in [-0.2, -0.15) is 0 Å². The molecule has 1 heterocycles. The third-order valence-electron chi connectivity index (χ3n) is 2.37. The Morgan fingerprint density at radius 3 is 2.47 bits per heavy atom. The van der Waals surface area contributed by atoms with Crippen LogP contribution in [0.3, 0.4) is 0 Å². The average molecular weight is 270 g/mol. The molecule has 2 rings (SSSR count). The number of carbonyl (C=O) groups is 1. The molecule has 0 aliphatic rings. The number of nitrogens with one attached hydrogen (secondary N) is 1. The monoisotopic (exact) mass is 270 g/mol. The maximum Gasteiger partial charge on any atom is 0.273 e. The Kier molecular flexibility index (Phi) is 3.50. The summed E-state index contributed by atoms with van der Waals surface area (Å²) in [6.07, 6.45) is 1.35. The first-order valence-electron chi connectivity index (χ1n) is 5.25. The third kappa shape index (κ3) is 2.90. The van der Waals surface area contributed by atoms with E-state index in [-0.39, 0.29) is 5.69 Å². The van der Waals surface area contributed by atoms with Crippen molar-refractivity contribution in [2.45, 2.75) is 6.54 Å². The molecule has 2 aromatic rings. The van der Waals surface area contributed by atoms with E-state index in [1.54, 1.807) is 7.05 Å². The van der Waals surface area contributed by atoms with Gasteiger partial charge >= 0.3 is 0 Å². The quantitative estimate of drug-likeness (QED) is 0.910. The second-order valence-corrected chi connectivity index (χ2v) is 3.81. The maximum atomic E-state index is 13.3. The largest absolute Gasteiger partial charge is 0.346 e. The Labute approximate surface area is 106 Å². The van der Waals surface area contributed by atoms with E-state index >= 15 is 0 Å². The van der Waals surface area contributed by atoms with Crippen molar-refractivity contribution >= 4 is 5.91 Å². The van der Waals surface area contributed by atoms with E-state index in [0.29, 0.717) is 12.1 Å². The van der Waals surface area contributed by atoms with E-state index in [1.807, 2.05) is 0 Å². The van der Waals surface area contributed by atoms with E-state index in [9.17, 15) is 18.0 Å². The predicted octanol–water partition coefficient (Wildman–Crippen LogP) is 1.16. The summed E-state index contributed by atoms with van der Waals surface area (Å²) in [7, 11) is 1.57. The maximum absolute atomic E-state index is 13.3. The van der Waals surface area contributed by atoms with E-state index in [4.69, 9.17) is 0 Å². The van der Waals surface area contributed by atoms with Gasteiger partial charge in [0.1, 0.15) is 17.5 Å². The first kappa shape index (κ1) is 13.1. The Hall–Kier alpha value is -2.38. The molecule has 0 saturated carbocycles. The van der Waals surface area contributed by atoms with E-state index < -0.39 is 35.5 Å². The second kappa shape index (κ2) is 5.09. The zero-order valence-corrected chi connectivity index (χ0v) is 9.82. The minimum Gasteiger partial charge on any atom is -0.346 e. The van der Waals surface area contributed by atoms with Gasteiger partial charge in [-0.1, -0.05) is 5.21 Å². The van der Waals surface area contributed by atoms with Gasteiger partial charge in [0, 0.05) is 31.3 Å². The molecule has 0 atom stereocenters. The minimum absolute atomic E-state index is 0.0189. The molecule has 1 N–H and O–H groups in total. The Bertz CT molecular complexity index is 603. The Morgan fingerprint density at radius 2 is 1.95 bits per heavy atom. The van der Waals surface area contributed by atoms with Crippen molar-refractivity contribution in [2.24, 2.45) is 7.05 Å². The molecule has 0 saturated heterocycles. The normalized spacial score (nSPS) is 10.5. The highest BCUT2D eigenvalue weighted by Crippen LogP contribution is 2.14. The lowest BCUT2D eigenvalue weighted by atomic mass is 10.2. The van der Waals surface area contributed by atoms with Gasteiger partial charge in [-0.05, 0) is 0 Å². The van der Waals surface area contributed by atoms with E-state index in [2.05, 4.69) is 15.6 Å². The van der Waals surface area contributed by atoms with Crippen molar-refractivity contribution in [3.63, 3.8) is 0 Å². The van der Waals surface area contributed by atoms with E-state index in [1.165, 1.54) is 10.9 Å². The highest BCUT2D eigenvalue weighted by molar-refractivity contribution is 5.91. The number of amides is 1. The standard InChI is InChI=1S/C11H9F3N4O/c1-18-5-10(16-17-18)11(19)15-4-7-8(13)2-6(12)3-9(7)14/h2-3,5H,4H2,1H3,(H,15,19). The summed E-state index contributed by atoms with van der Waals surface area (Å²) in [6, 6.07) is 1.10. The molecule has 0 radical (unpaired) electrons. The molecule has 0 spiro atoms. The van der Waals surface area contributed by atoms with Gasteiger partial charge in [-0.25, -0.2) is 13.2 Å². The highest BCUT2D eigenvalue weighted by Gasteiger charge is 2.14. The average Bonchev–Trinajstić information content (AvgIpc) is 2.74. The molecule has 100 valence electrons. The van der Waals surface area contributed by atoms with Gasteiger partial charge < -0.3 is 5.32 Å². The van der Waals surface area contributed by atoms with E-state index in [0.717, 1.165) is 0 Å². The summed E-state index contributed by atoms with van der Waals surface area (Å²) in [5.74, 6) is -3.76. The molecule has 0 aliphatic heterocycles. The number of hydrogen-bond acceptors (Lipinski definition) is 3. The predicted molar refractivity (Wildman–Crippen MR) is 58.5 cm³/mol. The zero-order chi connectivity index (χ0) is 14.0. The molecule has 0 unspecified atom stereocenters. The first-order chi connectivity index (χ1) is 8.97. The third-order valence-corrected chi connectivity index (χ3v) is 2.37. The topological polar surface area (TPSA) is 59.8 Å². The SMILES string of the molecule is Cn1cc(C(=O)NCc2c(F)cc(F)cc2F)nn1. The van der Waals surface area contributed by atoms with Crippen LogP contribution in [0.2, 0.25) is 0 Å². The van der Waals surface area contributed by atoms with Crippen LogP contribution in [0.15, 0.2) is 18.3 Å². The van der Waals surface area contributed by atoms with Crippen molar-refractivity contribution in [1.29, 1.82) is 0 Å². The van der Waals surface area contributed by atoms with Crippen LogP contribution >= 0.6 is 0 Å². The number of aryl methyl sites for hydroxylation is 1. The molecule has 0 aliphatic carbocycles. The van der Waals surface area contributed by atoms with Crippen LogP contribution < -0.4 is 5.32 Å². The number of rotatable bonds is 3. The zero-order valence-electron chi connectivity index (χ0n) is 9.82. The van der Waals surface area contributed by atoms with Crippen LogP contribution in [0, 0.1) is 17.5 Å². The van der Waals surface area contributed by atoms with Gasteiger partial charge in [0.05, 0.1) is 6.20 Å². The number of aromatic nitrogens is 3. The molecular weight excluding hydrogens is 261 g/mol. The highest BCUT2D eigenvalue weighted by atomic mass is 19.1. The lowest BCUT2D eigenvalue weighted by Gasteiger charge is -2.06. The molecule has 0 fully saturated rings. The van der Waals surface area contributed by atoms with Crippen molar-refractivity contribution in [3.05, 3.63) is 47.0 Å². The fraction of sp³-hybridized carbons (Fsp3) is 0.182. The molecule has 8 heteroatoms.